The summed E-state index contributed by atoms with van der Waals surface area (Å²) in [5.74, 6) is 0.442. The minimum atomic E-state index is -0.286. The van der Waals surface area contributed by atoms with E-state index < -0.39 is 0 Å². The molecule has 1 aliphatic rings. The molecule has 1 fully saturated rings. The van der Waals surface area contributed by atoms with Crippen LogP contribution in [-0.2, 0) is 4.74 Å². The van der Waals surface area contributed by atoms with Gasteiger partial charge < -0.3 is 14.4 Å². The number of nitrogens with one attached hydrogen (secondary N) is 1. The quantitative estimate of drug-likeness (QED) is 0.824. The van der Waals surface area contributed by atoms with Gasteiger partial charge in [-0.25, -0.2) is 0 Å². The first kappa shape index (κ1) is 16.4. The lowest BCUT2D eigenvalue weighted by Gasteiger charge is -2.28. The summed E-state index contributed by atoms with van der Waals surface area (Å²) in [6, 6.07) is 5.54. The zero-order chi connectivity index (χ0) is 16.4. The van der Waals surface area contributed by atoms with E-state index in [9.17, 15) is 4.79 Å². The molecule has 0 unspecified atom stereocenters. The summed E-state index contributed by atoms with van der Waals surface area (Å²) >= 11 is 13.0. The number of morpholine rings is 1. The first-order chi connectivity index (χ1) is 11.1. The Bertz CT molecular complexity index is 757. The highest BCUT2D eigenvalue weighted by molar-refractivity contribution is 7.80. The summed E-state index contributed by atoms with van der Waals surface area (Å²) in [4.78, 5) is 14.8. The molecule has 0 spiro atoms. The van der Waals surface area contributed by atoms with E-state index in [-0.39, 0.29) is 5.91 Å². The molecule has 1 aromatic heterocycles. The molecule has 5 nitrogen and oxygen atoms in total. The average molecular weight is 371 g/mol. The third-order valence-electron chi connectivity index (χ3n) is 3.56. The predicted molar refractivity (Wildman–Crippen MR) is 95.8 cm³/mol. The van der Waals surface area contributed by atoms with Gasteiger partial charge in [0.2, 0.25) is 0 Å². The van der Waals surface area contributed by atoms with Gasteiger partial charge in [-0.05, 0) is 30.4 Å². The van der Waals surface area contributed by atoms with Crippen LogP contribution in [0.25, 0.3) is 10.1 Å². The summed E-state index contributed by atoms with van der Waals surface area (Å²) in [5.41, 5.74) is 0. The Morgan fingerprint density at radius 1 is 1.43 bits per heavy atom. The van der Waals surface area contributed by atoms with Gasteiger partial charge in [-0.3, -0.25) is 10.1 Å². The van der Waals surface area contributed by atoms with Crippen molar-refractivity contribution in [2.24, 2.45) is 0 Å². The fraction of sp³-hybridized carbons (Fsp3) is 0.333. The van der Waals surface area contributed by atoms with E-state index in [4.69, 9.17) is 33.3 Å². The lowest BCUT2D eigenvalue weighted by atomic mass is 10.2. The average Bonchev–Trinajstić information content (AvgIpc) is 2.92. The molecular formula is C15H15ClN2O3S2. The van der Waals surface area contributed by atoms with Gasteiger partial charge in [0.15, 0.2) is 5.11 Å². The highest BCUT2D eigenvalue weighted by atomic mass is 35.5. The maximum absolute atomic E-state index is 12.5. The van der Waals surface area contributed by atoms with E-state index in [0.717, 1.165) is 15.8 Å². The summed E-state index contributed by atoms with van der Waals surface area (Å²) in [6.07, 6.45) is 0. The number of carbonyl (C=O) groups is 1. The predicted octanol–water partition coefficient (Wildman–Crippen LogP) is 2.91. The largest absolute Gasteiger partial charge is 0.497 e. The lowest BCUT2D eigenvalue weighted by Crippen LogP contribution is -2.47. The van der Waals surface area contributed by atoms with Gasteiger partial charge in [0.1, 0.15) is 10.6 Å². The van der Waals surface area contributed by atoms with E-state index >= 15 is 0 Å². The number of amides is 1. The van der Waals surface area contributed by atoms with Crippen molar-refractivity contribution < 1.29 is 14.3 Å². The molecule has 0 radical (unpaired) electrons. The van der Waals surface area contributed by atoms with Gasteiger partial charge >= 0.3 is 0 Å². The number of ether oxygens (including phenoxy) is 2. The number of benzene rings is 1. The number of halogens is 1. The molecule has 0 saturated carbocycles. The van der Waals surface area contributed by atoms with E-state index in [1.54, 1.807) is 7.11 Å². The summed E-state index contributed by atoms with van der Waals surface area (Å²) < 4.78 is 11.4. The van der Waals surface area contributed by atoms with Gasteiger partial charge in [-0.1, -0.05) is 11.6 Å². The van der Waals surface area contributed by atoms with Crippen LogP contribution in [-0.4, -0.2) is 49.3 Å². The molecule has 1 N–H and O–H groups in total. The zero-order valence-corrected chi connectivity index (χ0v) is 14.8. The van der Waals surface area contributed by atoms with E-state index in [1.165, 1.54) is 11.3 Å². The molecule has 3 rings (SSSR count). The summed E-state index contributed by atoms with van der Waals surface area (Å²) in [6.45, 7) is 2.58. The van der Waals surface area contributed by atoms with Gasteiger partial charge in [-0.2, -0.15) is 0 Å². The van der Waals surface area contributed by atoms with E-state index in [2.05, 4.69) is 5.32 Å². The fourth-order valence-corrected chi connectivity index (χ4v) is 4.03. The molecule has 0 aliphatic carbocycles. The first-order valence-electron chi connectivity index (χ1n) is 7.04. The smallest absolute Gasteiger partial charge is 0.269 e. The highest BCUT2D eigenvalue weighted by Crippen LogP contribution is 2.37. The van der Waals surface area contributed by atoms with Crippen molar-refractivity contribution in [2.45, 2.75) is 0 Å². The second-order valence-corrected chi connectivity index (χ2v) is 6.78. The van der Waals surface area contributed by atoms with Crippen molar-refractivity contribution in [1.82, 2.24) is 10.2 Å². The number of rotatable bonds is 2. The molecule has 1 aliphatic heterocycles. The van der Waals surface area contributed by atoms with Gasteiger partial charge in [0.05, 0.1) is 25.3 Å². The van der Waals surface area contributed by atoms with Crippen LogP contribution in [0.2, 0.25) is 5.02 Å². The zero-order valence-electron chi connectivity index (χ0n) is 12.4. The molecular weight excluding hydrogens is 356 g/mol. The SMILES string of the molecule is COc1ccc2c(Cl)c(C(=O)NC(=S)N3CCOCC3)sc2c1. The van der Waals surface area contributed by atoms with Crippen LogP contribution in [0.1, 0.15) is 9.67 Å². The number of carbonyl (C=O) groups excluding carboxylic acids is 1. The normalized spacial score (nSPS) is 14.8. The number of hydrogen-bond acceptors (Lipinski definition) is 5. The molecule has 8 heteroatoms. The molecule has 1 saturated heterocycles. The maximum Gasteiger partial charge on any atom is 0.269 e. The van der Waals surface area contributed by atoms with Crippen LogP contribution in [0, 0.1) is 0 Å². The number of methoxy groups -OCH3 is 1. The minimum Gasteiger partial charge on any atom is -0.497 e. The van der Waals surface area contributed by atoms with Crippen molar-refractivity contribution in [3.63, 3.8) is 0 Å². The topological polar surface area (TPSA) is 50.8 Å². The Morgan fingerprint density at radius 3 is 2.87 bits per heavy atom. The molecule has 1 amide bonds. The van der Waals surface area contributed by atoms with Crippen molar-refractivity contribution in [2.75, 3.05) is 33.4 Å². The maximum atomic E-state index is 12.5. The van der Waals surface area contributed by atoms with Crippen molar-refractivity contribution in [1.29, 1.82) is 0 Å². The minimum absolute atomic E-state index is 0.286. The Morgan fingerprint density at radius 2 is 2.17 bits per heavy atom. The highest BCUT2D eigenvalue weighted by Gasteiger charge is 2.21. The first-order valence-corrected chi connectivity index (χ1v) is 8.64. The van der Waals surface area contributed by atoms with Crippen molar-refractivity contribution >= 4 is 56.3 Å². The number of fused-ring (bicyclic) bond motifs is 1. The van der Waals surface area contributed by atoms with Gasteiger partial charge in [0.25, 0.3) is 5.91 Å². The van der Waals surface area contributed by atoms with Crippen LogP contribution in [0.5, 0.6) is 5.75 Å². The van der Waals surface area contributed by atoms with Crippen molar-refractivity contribution in [3.05, 3.63) is 28.1 Å². The summed E-state index contributed by atoms with van der Waals surface area (Å²) in [5, 5.41) is 4.43. The van der Waals surface area contributed by atoms with E-state index in [1.807, 2.05) is 23.1 Å². The van der Waals surface area contributed by atoms with Crippen LogP contribution < -0.4 is 10.1 Å². The second-order valence-electron chi connectivity index (χ2n) is 4.97. The molecule has 122 valence electrons. The standard InChI is InChI=1S/C15H15ClN2O3S2/c1-20-9-2-3-10-11(8-9)23-13(12(10)16)14(19)17-15(22)18-4-6-21-7-5-18/h2-3,8H,4-7H2,1H3,(H,17,19,22). The van der Waals surface area contributed by atoms with Crippen LogP contribution in [0.3, 0.4) is 0 Å². The van der Waals surface area contributed by atoms with Crippen LogP contribution in [0.4, 0.5) is 0 Å². The Labute approximate surface area is 148 Å². The Hall–Kier alpha value is -1.41. The number of hydrogen-bond donors (Lipinski definition) is 1. The Kier molecular flexibility index (Phi) is 5.01. The number of thiophene rings is 1. The molecule has 2 aromatic rings. The second kappa shape index (κ2) is 7.00. The number of nitrogens with zero attached hydrogens (tertiary/aromatic N) is 1. The number of thiocarbonyl (C=S) groups is 1. The Balaban J connectivity index is 1.80. The monoisotopic (exact) mass is 370 g/mol. The van der Waals surface area contributed by atoms with Crippen LogP contribution >= 0.6 is 35.2 Å². The van der Waals surface area contributed by atoms with Gasteiger partial charge in [-0.15, -0.1) is 11.3 Å². The van der Waals surface area contributed by atoms with Crippen LogP contribution in [0.15, 0.2) is 18.2 Å². The lowest BCUT2D eigenvalue weighted by molar-refractivity contribution is 0.0669. The molecule has 0 bridgehead atoms. The molecule has 1 aromatic carbocycles. The van der Waals surface area contributed by atoms with Crippen molar-refractivity contribution in [3.8, 4) is 5.75 Å². The fourth-order valence-electron chi connectivity index (χ4n) is 2.32. The molecule has 2 heterocycles. The van der Waals surface area contributed by atoms with E-state index in [0.29, 0.717) is 41.3 Å². The molecule has 0 atom stereocenters. The molecule has 23 heavy (non-hydrogen) atoms. The third kappa shape index (κ3) is 3.42. The summed E-state index contributed by atoms with van der Waals surface area (Å²) in [7, 11) is 1.60. The third-order valence-corrected chi connectivity index (χ3v) is 5.58. The van der Waals surface area contributed by atoms with Gasteiger partial charge in [0, 0.05) is 23.2 Å².